The first kappa shape index (κ1) is 13.0. The van der Waals surface area contributed by atoms with Crippen molar-refractivity contribution in [2.24, 2.45) is 0 Å². The van der Waals surface area contributed by atoms with Crippen LogP contribution in [0.4, 0.5) is 0 Å². The lowest BCUT2D eigenvalue weighted by Crippen LogP contribution is -2.35. The maximum Gasteiger partial charge on any atom is 0.155 e. The van der Waals surface area contributed by atoms with Gasteiger partial charge in [-0.25, -0.2) is 14.6 Å². The van der Waals surface area contributed by atoms with E-state index in [9.17, 15) is 0 Å². The molecule has 96 valence electrons. The predicted octanol–water partition coefficient (Wildman–Crippen LogP) is 2.20. The number of nitrogens with one attached hydrogen (secondary N) is 1. The Labute approximate surface area is 111 Å². The molecule has 0 unspecified atom stereocenters. The molecule has 0 saturated carbocycles. The second-order valence-corrected chi connectivity index (χ2v) is 5.45. The summed E-state index contributed by atoms with van der Waals surface area (Å²) in [6, 6.07) is 3.64. The number of pyridine rings is 1. The van der Waals surface area contributed by atoms with E-state index in [0.717, 1.165) is 5.69 Å². The Morgan fingerprint density at radius 2 is 2.11 bits per heavy atom. The van der Waals surface area contributed by atoms with Crippen LogP contribution in [-0.2, 0) is 6.54 Å². The van der Waals surface area contributed by atoms with E-state index in [2.05, 4.69) is 41.2 Å². The van der Waals surface area contributed by atoms with E-state index in [0.29, 0.717) is 17.4 Å². The highest BCUT2D eigenvalue weighted by Crippen LogP contribution is 2.16. The monoisotopic (exact) mass is 265 g/mol. The standard InChI is InChI=1S/C12H16ClN5/c1-12(2,3)15-6-10-9(13)4-5-11(17-10)18-8-14-7-16-18/h4-5,7-8,15H,6H2,1-3H3. The van der Waals surface area contributed by atoms with Gasteiger partial charge in [0.2, 0.25) is 0 Å². The summed E-state index contributed by atoms with van der Waals surface area (Å²) in [5.41, 5.74) is 0.827. The minimum atomic E-state index is 0.0221. The zero-order valence-electron chi connectivity index (χ0n) is 10.7. The molecule has 5 nitrogen and oxygen atoms in total. The lowest BCUT2D eigenvalue weighted by atomic mass is 10.1. The van der Waals surface area contributed by atoms with Gasteiger partial charge in [0, 0.05) is 12.1 Å². The van der Waals surface area contributed by atoms with Gasteiger partial charge in [-0.15, -0.1) is 0 Å². The Morgan fingerprint density at radius 3 is 2.72 bits per heavy atom. The molecule has 0 spiro atoms. The molecule has 2 rings (SSSR count). The van der Waals surface area contributed by atoms with Crippen LogP contribution in [0.3, 0.4) is 0 Å². The highest BCUT2D eigenvalue weighted by Gasteiger charge is 2.11. The number of rotatable bonds is 3. The fourth-order valence-corrected chi connectivity index (χ4v) is 1.57. The van der Waals surface area contributed by atoms with Crippen molar-refractivity contribution in [1.82, 2.24) is 25.1 Å². The van der Waals surface area contributed by atoms with Crippen LogP contribution in [-0.4, -0.2) is 25.3 Å². The van der Waals surface area contributed by atoms with Gasteiger partial charge in [0.1, 0.15) is 12.7 Å². The zero-order valence-corrected chi connectivity index (χ0v) is 11.4. The van der Waals surface area contributed by atoms with Crippen LogP contribution in [0.5, 0.6) is 0 Å². The molecule has 0 saturated heterocycles. The average molecular weight is 266 g/mol. The van der Waals surface area contributed by atoms with Crippen LogP contribution >= 0.6 is 11.6 Å². The minimum Gasteiger partial charge on any atom is -0.306 e. The summed E-state index contributed by atoms with van der Waals surface area (Å²) in [7, 11) is 0. The maximum atomic E-state index is 6.14. The van der Waals surface area contributed by atoms with Crippen molar-refractivity contribution in [2.45, 2.75) is 32.9 Å². The van der Waals surface area contributed by atoms with E-state index in [-0.39, 0.29) is 5.54 Å². The average Bonchev–Trinajstić information content (AvgIpc) is 2.80. The van der Waals surface area contributed by atoms with Gasteiger partial charge in [-0.3, -0.25) is 0 Å². The molecule has 0 aliphatic heterocycles. The lowest BCUT2D eigenvalue weighted by molar-refractivity contribution is 0.421. The molecule has 0 aliphatic rings. The van der Waals surface area contributed by atoms with E-state index in [1.165, 1.54) is 6.33 Å². The zero-order chi connectivity index (χ0) is 13.2. The Morgan fingerprint density at radius 1 is 1.33 bits per heavy atom. The number of hydrogen-bond donors (Lipinski definition) is 1. The molecule has 18 heavy (non-hydrogen) atoms. The van der Waals surface area contributed by atoms with E-state index < -0.39 is 0 Å². The van der Waals surface area contributed by atoms with Crippen LogP contribution in [0.15, 0.2) is 24.8 Å². The molecule has 1 N–H and O–H groups in total. The Balaban J connectivity index is 2.22. The van der Waals surface area contributed by atoms with Gasteiger partial charge in [0.15, 0.2) is 5.82 Å². The summed E-state index contributed by atoms with van der Waals surface area (Å²) in [6.45, 7) is 6.91. The molecule has 0 bridgehead atoms. The molecule has 0 amide bonds. The number of aromatic nitrogens is 4. The van der Waals surface area contributed by atoms with E-state index in [1.807, 2.05) is 12.1 Å². The Kier molecular flexibility index (Phi) is 3.63. The van der Waals surface area contributed by atoms with Gasteiger partial charge in [-0.2, -0.15) is 5.10 Å². The third-order valence-corrected chi connectivity index (χ3v) is 2.69. The molecule has 2 heterocycles. The van der Waals surface area contributed by atoms with Gasteiger partial charge in [-0.1, -0.05) is 11.6 Å². The summed E-state index contributed by atoms with van der Waals surface area (Å²) in [6.07, 6.45) is 3.08. The number of nitrogens with zero attached hydrogens (tertiary/aromatic N) is 4. The highest BCUT2D eigenvalue weighted by molar-refractivity contribution is 6.31. The smallest absolute Gasteiger partial charge is 0.155 e. The fourth-order valence-electron chi connectivity index (χ4n) is 1.40. The Hall–Kier alpha value is -1.46. The largest absolute Gasteiger partial charge is 0.306 e. The van der Waals surface area contributed by atoms with Crippen LogP contribution in [0.1, 0.15) is 26.5 Å². The third kappa shape index (κ3) is 3.27. The van der Waals surface area contributed by atoms with Gasteiger partial charge in [-0.05, 0) is 32.9 Å². The first-order valence-electron chi connectivity index (χ1n) is 5.71. The van der Waals surface area contributed by atoms with Crippen molar-refractivity contribution >= 4 is 11.6 Å². The van der Waals surface area contributed by atoms with Gasteiger partial charge in [0.05, 0.1) is 10.7 Å². The van der Waals surface area contributed by atoms with Crippen LogP contribution in [0.2, 0.25) is 5.02 Å². The van der Waals surface area contributed by atoms with E-state index in [4.69, 9.17) is 11.6 Å². The summed E-state index contributed by atoms with van der Waals surface area (Å²) < 4.78 is 1.61. The van der Waals surface area contributed by atoms with Gasteiger partial charge < -0.3 is 5.32 Å². The highest BCUT2D eigenvalue weighted by atomic mass is 35.5. The predicted molar refractivity (Wildman–Crippen MR) is 70.8 cm³/mol. The molecular weight excluding hydrogens is 250 g/mol. The van der Waals surface area contributed by atoms with Crippen LogP contribution in [0, 0.1) is 0 Å². The Bertz CT molecular complexity index is 516. The summed E-state index contributed by atoms with van der Waals surface area (Å²) in [5, 5.41) is 8.05. The van der Waals surface area contributed by atoms with Crippen molar-refractivity contribution in [2.75, 3.05) is 0 Å². The molecular formula is C12H16ClN5. The molecule has 0 fully saturated rings. The van der Waals surface area contributed by atoms with Crippen molar-refractivity contribution in [3.63, 3.8) is 0 Å². The summed E-state index contributed by atoms with van der Waals surface area (Å²) in [5.74, 6) is 0.711. The normalized spacial score (nSPS) is 11.8. The molecule has 0 aliphatic carbocycles. The lowest BCUT2D eigenvalue weighted by Gasteiger charge is -2.20. The van der Waals surface area contributed by atoms with Crippen molar-refractivity contribution < 1.29 is 0 Å². The van der Waals surface area contributed by atoms with E-state index >= 15 is 0 Å². The second kappa shape index (κ2) is 5.04. The summed E-state index contributed by atoms with van der Waals surface area (Å²) in [4.78, 5) is 8.38. The molecule has 6 heteroatoms. The molecule has 0 radical (unpaired) electrons. The molecule has 2 aromatic heterocycles. The quantitative estimate of drug-likeness (QED) is 0.924. The van der Waals surface area contributed by atoms with Crippen LogP contribution < -0.4 is 5.32 Å². The maximum absolute atomic E-state index is 6.14. The first-order chi connectivity index (χ1) is 8.46. The van der Waals surface area contributed by atoms with Crippen molar-refractivity contribution in [1.29, 1.82) is 0 Å². The number of hydrogen-bond acceptors (Lipinski definition) is 4. The second-order valence-electron chi connectivity index (χ2n) is 5.04. The van der Waals surface area contributed by atoms with Crippen molar-refractivity contribution in [3.05, 3.63) is 35.5 Å². The van der Waals surface area contributed by atoms with E-state index in [1.54, 1.807) is 11.0 Å². The first-order valence-corrected chi connectivity index (χ1v) is 6.09. The number of halogens is 1. The molecule has 2 aromatic rings. The summed E-state index contributed by atoms with van der Waals surface area (Å²) >= 11 is 6.14. The van der Waals surface area contributed by atoms with Crippen LogP contribution in [0.25, 0.3) is 5.82 Å². The van der Waals surface area contributed by atoms with Gasteiger partial charge >= 0.3 is 0 Å². The SMILES string of the molecule is CC(C)(C)NCc1nc(-n2cncn2)ccc1Cl. The minimum absolute atomic E-state index is 0.0221. The van der Waals surface area contributed by atoms with Gasteiger partial charge in [0.25, 0.3) is 0 Å². The molecule has 0 aromatic carbocycles. The topological polar surface area (TPSA) is 55.6 Å². The molecule has 0 atom stereocenters. The third-order valence-electron chi connectivity index (χ3n) is 2.34. The fraction of sp³-hybridized carbons (Fsp3) is 0.417. The van der Waals surface area contributed by atoms with Crippen molar-refractivity contribution in [3.8, 4) is 5.82 Å².